The van der Waals surface area contributed by atoms with Crippen LogP contribution < -0.4 is 10.8 Å². The molecule has 4 nitrogen and oxygen atoms in total. The van der Waals surface area contributed by atoms with Crippen molar-refractivity contribution in [3.63, 3.8) is 0 Å². The zero-order valence-electron chi connectivity index (χ0n) is 4.50. The Labute approximate surface area is 46.9 Å². The van der Waals surface area contributed by atoms with Gasteiger partial charge in [0.25, 0.3) is 0 Å². The van der Waals surface area contributed by atoms with E-state index in [2.05, 4.69) is 0 Å². The smallest absolute Gasteiger partial charge is 0.0716 e. The molecule has 0 unspecified atom stereocenters. The van der Waals surface area contributed by atoms with Gasteiger partial charge in [0, 0.05) is 0 Å². The van der Waals surface area contributed by atoms with Gasteiger partial charge >= 0.3 is 0 Å². The van der Waals surface area contributed by atoms with Gasteiger partial charge in [-0.05, 0) is 6.92 Å². The van der Waals surface area contributed by atoms with Crippen molar-refractivity contribution in [2.24, 2.45) is 5.73 Å². The second-order valence-corrected chi connectivity index (χ2v) is 1.59. The molecule has 0 rings (SSSR count). The maximum atomic E-state index is 9.74. The monoisotopic (exact) mass is 118 g/mol. The van der Waals surface area contributed by atoms with E-state index in [0.29, 0.717) is 0 Å². The summed E-state index contributed by atoms with van der Waals surface area (Å²) in [5.41, 5.74) is 4.85. The zero-order valence-corrected chi connectivity index (χ0v) is 4.50. The van der Waals surface area contributed by atoms with Gasteiger partial charge in [0.1, 0.15) is 0 Å². The predicted molar refractivity (Wildman–Crippen MR) is 24.7 cm³/mol. The minimum Gasteiger partial charge on any atom is -0.548 e. The van der Waals surface area contributed by atoms with Gasteiger partial charge in [-0.25, -0.2) is 0 Å². The van der Waals surface area contributed by atoms with Gasteiger partial charge in [0.2, 0.25) is 0 Å². The molecular formula is C4H8NO3-. The van der Waals surface area contributed by atoms with Crippen LogP contribution in [0.3, 0.4) is 0 Å². The first-order valence-corrected chi connectivity index (χ1v) is 2.20. The molecule has 0 aromatic rings. The van der Waals surface area contributed by atoms with Gasteiger partial charge in [-0.3, -0.25) is 0 Å². The molecule has 0 saturated carbocycles. The molecule has 2 atom stereocenters. The van der Waals surface area contributed by atoms with Crippen LogP contribution in [-0.4, -0.2) is 23.2 Å². The summed E-state index contributed by atoms with van der Waals surface area (Å²) in [7, 11) is 0. The largest absolute Gasteiger partial charge is 0.548 e. The van der Waals surface area contributed by atoms with Crippen molar-refractivity contribution in [2.45, 2.75) is 19.1 Å². The van der Waals surface area contributed by atoms with Crippen LogP contribution in [0.5, 0.6) is 0 Å². The maximum Gasteiger partial charge on any atom is 0.0716 e. The Hall–Kier alpha value is -0.610. The van der Waals surface area contributed by atoms with Gasteiger partial charge in [-0.15, -0.1) is 0 Å². The van der Waals surface area contributed by atoms with Crippen molar-refractivity contribution in [1.29, 1.82) is 0 Å². The van der Waals surface area contributed by atoms with Crippen molar-refractivity contribution in [1.82, 2.24) is 0 Å². The lowest BCUT2D eigenvalue weighted by molar-refractivity contribution is -0.309. The van der Waals surface area contributed by atoms with Crippen LogP contribution >= 0.6 is 0 Å². The fourth-order valence-corrected chi connectivity index (χ4v) is 0.197. The molecule has 0 aliphatic heterocycles. The summed E-state index contributed by atoms with van der Waals surface area (Å²) >= 11 is 0. The number of rotatable bonds is 2. The van der Waals surface area contributed by atoms with Crippen LogP contribution in [0.2, 0.25) is 0 Å². The third kappa shape index (κ3) is 1.90. The molecule has 0 radical (unpaired) electrons. The number of carboxylic acid groups (broad SMARTS) is 1. The number of hydrogen-bond acceptors (Lipinski definition) is 4. The summed E-state index contributed by atoms with van der Waals surface area (Å²) in [5.74, 6) is -1.43. The van der Waals surface area contributed by atoms with Crippen molar-refractivity contribution in [2.75, 3.05) is 0 Å². The van der Waals surface area contributed by atoms with Crippen LogP contribution in [0.1, 0.15) is 6.92 Å². The summed E-state index contributed by atoms with van der Waals surface area (Å²) in [4.78, 5) is 9.74. The Morgan fingerprint density at radius 2 is 2.25 bits per heavy atom. The number of carbonyl (C=O) groups is 1. The van der Waals surface area contributed by atoms with Crippen molar-refractivity contribution in [3.8, 4) is 0 Å². The van der Waals surface area contributed by atoms with Crippen LogP contribution in [0.25, 0.3) is 0 Å². The third-order valence-corrected chi connectivity index (χ3v) is 0.792. The fraction of sp³-hybridized carbons (Fsp3) is 0.750. The van der Waals surface area contributed by atoms with E-state index in [1.54, 1.807) is 0 Å². The second-order valence-electron chi connectivity index (χ2n) is 1.59. The van der Waals surface area contributed by atoms with E-state index < -0.39 is 18.1 Å². The first-order chi connectivity index (χ1) is 3.55. The normalized spacial score (nSPS) is 17.4. The minimum atomic E-state index is -1.43. The number of carboxylic acids is 1. The number of aliphatic carboxylic acids is 1. The minimum absolute atomic E-state index is 1.04. The van der Waals surface area contributed by atoms with Gasteiger partial charge in [-0.2, -0.15) is 0 Å². The van der Waals surface area contributed by atoms with Crippen molar-refractivity contribution >= 4 is 5.97 Å². The van der Waals surface area contributed by atoms with Crippen LogP contribution in [-0.2, 0) is 4.79 Å². The fourth-order valence-electron chi connectivity index (χ4n) is 0.197. The van der Waals surface area contributed by atoms with Crippen molar-refractivity contribution in [3.05, 3.63) is 0 Å². The highest BCUT2D eigenvalue weighted by atomic mass is 16.4. The molecule has 8 heavy (non-hydrogen) atoms. The van der Waals surface area contributed by atoms with Crippen LogP contribution in [0, 0.1) is 0 Å². The summed E-state index contributed by atoms with van der Waals surface area (Å²) in [5, 5.41) is 18.2. The number of nitrogens with two attached hydrogens (primary N) is 1. The molecule has 0 amide bonds. The molecule has 48 valence electrons. The van der Waals surface area contributed by atoms with E-state index in [1.165, 1.54) is 6.92 Å². The average Bonchev–Trinajstić information content (AvgIpc) is 1.64. The lowest BCUT2D eigenvalue weighted by Gasteiger charge is -2.14. The maximum absolute atomic E-state index is 9.74. The van der Waals surface area contributed by atoms with Gasteiger partial charge < -0.3 is 20.7 Å². The summed E-state index contributed by atoms with van der Waals surface area (Å²) in [6.45, 7) is 1.29. The molecule has 0 aliphatic rings. The first kappa shape index (κ1) is 7.39. The highest BCUT2D eigenvalue weighted by Crippen LogP contribution is 1.83. The van der Waals surface area contributed by atoms with E-state index in [0.717, 1.165) is 0 Å². The van der Waals surface area contributed by atoms with Gasteiger partial charge in [0.05, 0.1) is 18.1 Å². The molecule has 4 heteroatoms. The molecule has 0 aromatic heterocycles. The van der Waals surface area contributed by atoms with E-state index in [1.807, 2.05) is 0 Å². The Bertz CT molecular complexity index is 91.3. The Morgan fingerprint density at radius 1 is 1.88 bits per heavy atom. The van der Waals surface area contributed by atoms with E-state index in [-0.39, 0.29) is 0 Å². The molecule has 0 bridgehead atoms. The molecule has 3 N–H and O–H groups in total. The van der Waals surface area contributed by atoms with E-state index in [4.69, 9.17) is 10.8 Å². The zero-order chi connectivity index (χ0) is 6.73. The van der Waals surface area contributed by atoms with Gasteiger partial charge in [0.15, 0.2) is 0 Å². The van der Waals surface area contributed by atoms with Crippen molar-refractivity contribution < 1.29 is 15.0 Å². The summed E-state index contributed by atoms with van der Waals surface area (Å²) in [6.07, 6.45) is -1.04. The topological polar surface area (TPSA) is 86.4 Å². The Kier molecular flexibility index (Phi) is 2.44. The molecule has 0 saturated heterocycles. The number of hydrogen-bond donors (Lipinski definition) is 2. The first-order valence-electron chi connectivity index (χ1n) is 2.20. The molecule has 0 aliphatic carbocycles. The van der Waals surface area contributed by atoms with Crippen LogP contribution in [0.4, 0.5) is 0 Å². The highest BCUT2D eigenvalue weighted by molar-refractivity contribution is 5.71. The Balaban J connectivity index is 3.64. The Morgan fingerprint density at radius 3 is 2.25 bits per heavy atom. The molecule has 0 fully saturated rings. The standard InChI is InChI=1S/C4H9NO3/c1-2(6)3(5)4(7)8/h2-3,6H,5H2,1H3,(H,7,8)/p-1/t2-,3+/m1/s1. The SMILES string of the molecule is C[C@@H](O)[C@H](N)C(=O)[O-]. The lowest BCUT2D eigenvalue weighted by Crippen LogP contribution is -2.48. The number of carbonyl (C=O) groups excluding carboxylic acids is 1. The number of aliphatic hydroxyl groups excluding tert-OH is 1. The molecule has 0 heterocycles. The van der Waals surface area contributed by atoms with E-state index >= 15 is 0 Å². The third-order valence-electron chi connectivity index (χ3n) is 0.792. The molecule has 0 aromatic carbocycles. The lowest BCUT2D eigenvalue weighted by atomic mass is 10.2. The summed E-state index contributed by atoms with van der Waals surface area (Å²) < 4.78 is 0. The molecule has 0 spiro atoms. The van der Waals surface area contributed by atoms with Gasteiger partial charge in [-0.1, -0.05) is 0 Å². The summed E-state index contributed by atoms with van der Waals surface area (Å²) in [6, 6.07) is -1.27. The van der Waals surface area contributed by atoms with Crippen LogP contribution in [0.15, 0.2) is 0 Å². The molecular weight excluding hydrogens is 110 g/mol. The highest BCUT2D eigenvalue weighted by Gasteiger charge is 2.08. The second kappa shape index (κ2) is 2.64. The quantitative estimate of drug-likeness (QED) is 0.417. The van der Waals surface area contributed by atoms with E-state index in [9.17, 15) is 9.90 Å². The predicted octanol–water partition coefficient (Wildman–Crippen LogP) is -2.56. The number of aliphatic hydroxyl groups is 1. The average molecular weight is 118 g/mol.